The van der Waals surface area contributed by atoms with Gasteiger partial charge in [-0.15, -0.1) is 12.4 Å². The number of benzene rings is 1. The first-order valence-electron chi connectivity index (χ1n) is 5.48. The molecule has 0 aromatic heterocycles. The van der Waals surface area contributed by atoms with Crippen molar-refractivity contribution in [2.24, 2.45) is 11.5 Å². The van der Waals surface area contributed by atoms with Gasteiger partial charge >= 0.3 is 0 Å². The number of rotatable bonds is 6. The zero-order valence-corrected chi connectivity index (χ0v) is 10.8. The molecule has 0 aliphatic carbocycles. The maximum atomic E-state index is 13.4. The summed E-state index contributed by atoms with van der Waals surface area (Å²) < 4.78 is 18.2. The van der Waals surface area contributed by atoms with Gasteiger partial charge in [0.2, 0.25) is 0 Å². The first-order chi connectivity index (χ1) is 7.69. The van der Waals surface area contributed by atoms with E-state index < -0.39 is 0 Å². The molecule has 4 N–H and O–H groups in total. The molecule has 0 fully saturated rings. The molecule has 5 heteroatoms. The van der Waals surface area contributed by atoms with Gasteiger partial charge in [0.15, 0.2) is 11.6 Å². The molecule has 1 atom stereocenters. The summed E-state index contributed by atoms with van der Waals surface area (Å²) in [6, 6.07) is 4.71. The van der Waals surface area contributed by atoms with Crippen LogP contribution in [0.3, 0.4) is 0 Å². The highest BCUT2D eigenvalue weighted by Crippen LogP contribution is 2.23. The number of methoxy groups -OCH3 is 1. The van der Waals surface area contributed by atoms with Crippen LogP contribution in [0.25, 0.3) is 0 Å². The third-order valence-electron chi connectivity index (χ3n) is 2.57. The van der Waals surface area contributed by atoms with Crippen molar-refractivity contribution in [3.63, 3.8) is 0 Å². The molecule has 0 aliphatic rings. The zero-order chi connectivity index (χ0) is 12.0. The summed E-state index contributed by atoms with van der Waals surface area (Å²) in [5.41, 5.74) is 12.1. The lowest BCUT2D eigenvalue weighted by molar-refractivity contribution is 0.385. The molecule has 0 bridgehead atoms. The van der Waals surface area contributed by atoms with Crippen molar-refractivity contribution in [2.45, 2.75) is 25.3 Å². The van der Waals surface area contributed by atoms with Gasteiger partial charge in [0.05, 0.1) is 7.11 Å². The van der Waals surface area contributed by atoms with Crippen molar-refractivity contribution in [2.75, 3.05) is 13.7 Å². The Morgan fingerprint density at radius 2 is 2.06 bits per heavy atom. The first-order valence-corrected chi connectivity index (χ1v) is 5.48. The molecular weight excluding hydrogens is 243 g/mol. The zero-order valence-electron chi connectivity index (χ0n) is 9.99. The van der Waals surface area contributed by atoms with E-state index in [1.165, 1.54) is 13.2 Å². The first kappa shape index (κ1) is 16.2. The largest absolute Gasteiger partial charge is 0.494 e. The molecule has 1 aromatic rings. The summed E-state index contributed by atoms with van der Waals surface area (Å²) in [5, 5.41) is 0. The van der Waals surface area contributed by atoms with Crippen LogP contribution in [0.5, 0.6) is 5.75 Å². The highest BCUT2D eigenvalue weighted by molar-refractivity contribution is 5.85. The number of hydrogen-bond acceptors (Lipinski definition) is 3. The van der Waals surface area contributed by atoms with E-state index in [-0.39, 0.29) is 30.0 Å². The average molecular weight is 263 g/mol. The summed E-state index contributed by atoms with van der Waals surface area (Å²) in [6.45, 7) is 0.670. The van der Waals surface area contributed by atoms with Gasteiger partial charge in [-0.25, -0.2) is 4.39 Å². The fraction of sp³-hybridized carbons (Fsp3) is 0.500. The molecule has 0 amide bonds. The smallest absolute Gasteiger partial charge is 0.165 e. The Labute approximate surface area is 108 Å². The van der Waals surface area contributed by atoms with Gasteiger partial charge in [-0.2, -0.15) is 0 Å². The van der Waals surface area contributed by atoms with Gasteiger partial charge in [0, 0.05) is 6.04 Å². The van der Waals surface area contributed by atoms with Gasteiger partial charge in [-0.05, 0) is 37.1 Å². The van der Waals surface area contributed by atoms with Crippen molar-refractivity contribution in [1.29, 1.82) is 0 Å². The maximum absolute atomic E-state index is 13.4. The van der Waals surface area contributed by atoms with E-state index in [1.54, 1.807) is 12.1 Å². The van der Waals surface area contributed by atoms with Crippen LogP contribution in [0.2, 0.25) is 0 Å². The van der Waals surface area contributed by atoms with Gasteiger partial charge in [-0.1, -0.05) is 12.5 Å². The summed E-state index contributed by atoms with van der Waals surface area (Å²) in [6.07, 6.45) is 2.74. The van der Waals surface area contributed by atoms with Crippen molar-refractivity contribution in [1.82, 2.24) is 0 Å². The van der Waals surface area contributed by atoms with E-state index >= 15 is 0 Å². The van der Waals surface area contributed by atoms with Gasteiger partial charge < -0.3 is 16.2 Å². The van der Waals surface area contributed by atoms with Crippen LogP contribution in [0.4, 0.5) is 4.39 Å². The Morgan fingerprint density at radius 3 is 2.59 bits per heavy atom. The highest BCUT2D eigenvalue weighted by Gasteiger charge is 2.09. The molecule has 3 nitrogen and oxygen atoms in total. The molecule has 0 aliphatic heterocycles. The number of nitrogens with two attached hydrogens (primary N) is 2. The van der Waals surface area contributed by atoms with Crippen molar-refractivity contribution < 1.29 is 9.13 Å². The maximum Gasteiger partial charge on any atom is 0.165 e. The predicted molar refractivity (Wildman–Crippen MR) is 70.0 cm³/mol. The fourth-order valence-corrected chi connectivity index (χ4v) is 1.59. The van der Waals surface area contributed by atoms with Gasteiger partial charge in [-0.3, -0.25) is 0 Å². The Hall–Kier alpha value is -0.840. The number of hydrogen-bond donors (Lipinski definition) is 2. The van der Waals surface area contributed by atoms with E-state index in [9.17, 15) is 4.39 Å². The summed E-state index contributed by atoms with van der Waals surface area (Å²) >= 11 is 0. The van der Waals surface area contributed by atoms with E-state index in [0.29, 0.717) is 6.54 Å². The SMILES string of the molecule is COc1ccc([C@@H](N)CCCCN)cc1F.Cl. The topological polar surface area (TPSA) is 61.3 Å². The third kappa shape index (κ3) is 4.89. The van der Waals surface area contributed by atoms with Crippen LogP contribution < -0.4 is 16.2 Å². The quantitative estimate of drug-likeness (QED) is 0.774. The molecule has 0 saturated heterocycles. The second-order valence-corrected chi connectivity index (χ2v) is 3.78. The van der Waals surface area contributed by atoms with Crippen LogP contribution in [0.15, 0.2) is 18.2 Å². The molecule has 0 saturated carbocycles. The Kier molecular flexibility index (Phi) is 7.87. The molecule has 0 radical (unpaired) electrons. The Morgan fingerprint density at radius 1 is 1.35 bits per heavy atom. The summed E-state index contributed by atoms with van der Waals surface area (Å²) in [5.74, 6) is -0.118. The second kappa shape index (κ2) is 8.28. The standard InChI is InChI=1S/C12H19FN2O.ClH/c1-16-12-6-5-9(8-10(12)13)11(15)4-2-3-7-14;/h5-6,8,11H,2-4,7,14-15H2,1H3;1H/t11-;/m0./s1. The third-order valence-corrected chi connectivity index (χ3v) is 2.57. The van der Waals surface area contributed by atoms with Crippen LogP contribution >= 0.6 is 12.4 Å². The number of ether oxygens (including phenoxy) is 1. The molecule has 0 heterocycles. The minimum Gasteiger partial charge on any atom is -0.494 e. The lowest BCUT2D eigenvalue weighted by Crippen LogP contribution is -2.11. The fourth-order valence-electron chi connectivity index (χ4n) is 1.59. The predicted octanol–water partition coefficient (Wildman–Crippen LogP) is 2.38. The number of halogens is 2. The van der Waals surface area contributed by atoms with Crippen LogP contribution in [-0.2, 0) is 0 Å². The van der Waals surface area contributed by atoms with E-state index in [2.05, 4.69) is 0 Å². The summed E-state index contributed by atoms with van der Waals surface area (Å²) in [7, 11) is 1.44. The lowest BCUT2D eigenvalue weighted by Gasteiger charge is -2.12. The number of unbranched alkanes of at least 4 members (excludes halogenated alkanes) is 1. The summed E-state index contributed by atoms with van der Waals surface area (Å²) in [4.78, 5) is 0. The second-order valence-electron chi connectivity index (χ2n) is 3.78. The molecule has 1 aromatic carbocycles. The monoisotopic (exact) mass is 262 g/mol. The van der Waals surface area contributed by atoms with Crippen molar-refractivity contribution in [3.05, 3.63) is 29.6 Å². The van der Waals surface area contributed by atoms with Gasteiger partial charge in [0.1, 0.15) is 0 Å². The van der Waals surface area contributed by atoms with Crippen LogP contribution in [0.1, 0.15) is 30.9 Å². The van der Waals surface area contributed by atoms with Crippen LogP contribution in [-0.4, -0.2) is 13.7 Å². The van der Waals surface area contributed by atoms with Gasteiger partial charge in [0.25, 0.3) is 0 Å². The minimum absolute atomic E-state index is 0. The molecular formula is C12H20ClFN2O. The van der Waals surface area contributed by atoms with Crippen molar-refractivity contribution >= 4 is 12.4 Å². The van der Waals surface area contributed by atoms with Crippen LogP contribution in [0, 0.1) is 5.82 Å². The Balaban J connectivity index is 0.00000256. The molecule has 0 spiro atoms. The van der Waals surface area contributed by atoms with Crippen molar-refractivity contribution in [3.8, 4) is 5.75 Å². The lowest BCUT2D eigenvalue weighted by atomic mass is 10.0. The molecule has 0 unspecified atom stereocenters. The normalized spacial score (nSPS) is 11.8. The average Bonchev–Trinajstić information content (AvgIpc) is 2.29. The minimum atomic E-state index is -0.366. The molecule has 17 heavy (non-hydrogen) atoms. The highest BCUT2D eigenvalue weighted by atomic mass is 35.5. The molecule has 1 rings (SSSR count). The van der Waals surface area contributed by atoms with E-state index in [4.69, 9.17) is 16.2 Å². The Bertz CT molecular complexity index is 336. The van der Waals surface area contributed by atoms with E-state index in [0.717, 1.165) is 24.8 Å². The van der Waals surface area contributed by atoms with E-state index in [1.807, 2.05) is 0 Å². The molecule has 98 valence electrons.